The predicted octanol–water partition coefficient (Wildman–Crippen LogP) is 2.76. The summed E-state index contributed by atoms with van der Waals surface area (Å²) in [7, 11) is 0. The molecule has 0 spiro atoms. The van der Waals surface area contributed by atoms with Gasteiger partial charge in [0.15, 0.2) is 0 Å². The molecule has 0 radical (unpaired) electrons. The molecule has 20 heavy (non-hydrogen) atoms. The molecule has 106 valence electrons. The van der Waals surface area contributed by atoms with E-state index in [1.165, 1.54) is 11.3 Å². The van der Waals surface area contributed by atoms with Crippen molar-refractivity contribution < 1.29 is 4.79 Å². The second kappa shape index (κ2) is 7.38. The van der Waals surface area contributed by atoms with Crippen molar-refractivity contribution in [2.75, 3.05) is 6.54 Å². The van der Waals surface area contributed by atoms with Crippen molar-refractivity contribution in [1.29, 1.82) is 0 Å². The van der Waals surface area contributed by atoms with Gasteiger partial charge in [0, 0.05) is 23.3 Å². The average Bonchev–Trinajstić information content (AvgIpc) is 2.89. The first kappa shape index (κ1) is 15.0. The van der Waals surface area contributed by atoms with Crippen LogP contribution >= 0.6 is 22.9 Å². The lowest BCUT2D eigenvalue weighted by Crippen LogP contribution is -2.34. The fourth-order valence-electron chi connectivity index (χ4n) is 1.71. The van der Waals surface area contributed by atoms with Gasteiger partial charge in [0.2, 0.25) is 5.91 Å². The lowest BCUT2D eigenvalue weighted by molar-refractivity contribution is -0.120. The van der Waals surface area contributed by atoms with E-state index in [9.17, 15) is 4.79 Å². The Balaban J connectivity index is 1.72. The molecule has 6 heteroatoms. The minimum Gasteiger partial charge on any atom is -0.350 e. The third kappa shape index (κ3) is 4.59. The van der Waals surface area contributed by atoms with Gasteiger partial charge in [-0.15, -0.1) is 11.3 Å². The van der Waals surface area contributed by atoms with Gasteiger partial charge in [-0.05, 0) is 36.8 Å². The number of carbonyl (C=O) groups excluding carboxylic acids is 1. The smallest absolute Gasteiger partial charge is 0.234 e. The number of nitrogens with one attached hydrogen (secondary N) is 2. The van der Waals surface area contributed by atoms with Gasteiger partial charge in [0.25, 0.3) is 0 Å². The van der Waals surface area contributed by atoms with Gasteiger partial charge in [-0.2, -0.15) is 0 Å². The largest absolute Gasteiger partial charge is 0.350 e. The zero-order valence-electron chi connectivity index (χ0n) is 11.1. The number of thiophene rings is 1. The molecule has 2 heterocycles. The molecule has 1 atom stereocenters. The lowest BCUT2D eigenvalue weighted by atomic mass is 10.1. The van der Waals surface area contributed by atoms with Crippen LogP contribution in [0.25, 0.3) is 0 Å². The Labute approximate surface area is 127 Å². The van der Waals surface area contributed by atoms with Crippen molar-refractivity contribution in [2.24, 2.45) is 0 Å². The zero-order valence-corrected chi connectivity index (χ0v) is 12.7. The van der Waals surface area contributed by atoms with Crippen LogP contribution in [0.4, 0.5) is 0 Å². The normalized spacial score (nSPS) is 12.1. The lowest BCUT2D eigenvalue weighted by Gasteiger charge is -2.13. The van der Waals surface area contributed by atoms with Crippen LogP contribution in [-0.2, 0) is 11.3 Å². The summed E-state index contributed by atoms with van der Waals surface area (Å²) in [5.41, 5.74) is 1.11. The quantitative estimate of drug-likeness (QED) is 0.862. The summed E-state index contributed by atoms with van der Waals surface area (Å²) in [5.74, 6) is -0.0320. The minimum atomic E-state index is -0.0320. The number of halogens is 1. The summed E-state index contributed by atoms with van der Waals surface area (Å²) in [5, 5.41) is 6.03. The van der Waals surface area contributed by atoms with Crippen LogP contribution in [0.3, 0.4) is 0 Å². The topological polar surface area (TPSA) is 54.0 Å². The van der Waals surface area contributed by atoms with E-state index in [0.717, 1.165) is 14.8 Å². The zero-order chi connectivity index (χ0) is 14.4. The van der Waals surface area contributed by atoms with Crippen LogP contribution in [0.1, 0.15) is 23.4 Å². The number of nitrogens with zero attached hydrogens (tertiary/aromatic N) is 1. The molecule has 2 N–H and O–H groups in total. The molecule has 0 aromatic carbocycles. The van der Waals surface area contributed by atoms with Crippen LogP contribution in [0.2, 0.25) is 4.34 Å². The Hall–Kier alpha value is -1.43. The second-order valence-corrected chi connectivity index (χ2v) is 6.17. The SMILES string of the molecule is CC(NCC(=O)NCc1ccc(Cl)s1)c1ccncc1. The van der Waals surface area contributed by atoms with Gasteiger partial charge in [0.05, 0.1) is 17.4 Å². The first-order valence-corrected chi connectivity index (χ1v) is 7.49. The van der Waals surface area contributed by atoms with E-state index in [-0.39, 0.29) is 18.5 Å². The highest BCUT2D eigenvalue weighted by molar-refractivity contribution is 7.16. The number of pyridine rings is 1. The van der Waals surface area contributed by atoms with E-state index in [1.807, 2.05) is 31.2 Å². The number of aromatic nitrogens is 1. The van der Waals surface area contributed by atoms with Crippen molar-refractivity contribution in [3.8, 4) is 0 Å². The number of carbonyl (C=O) groups is 1. The average molecular weight is 310 g/mol. The van der Waals surface area contributed by atoms with Crippen molar-refractivity contribution in [2.45, 2.75) is 19.5 Å². The summed E-state index contributed by atoms with van der Waals surface area (Å²) in [6.07, 6.45) is 3.49. The molecular weight excluding hydrogens is 294 g/mol. The number of hydrogen-bond donors (Lipinski definition) is 2. The Morgan fingerprint density at radius 1 is 1.35 bits per heavy atom. The maximum Gasteiger partial charge on any atom is 0.234 e. The van der Waals surface area contributed by atoms with Crippen LogP contribution < -0.4 is 10.6 Å². The van der Waals surface area contributed by atoms with Crippen LogP contribution in [0, 0.1) is 0 Å². The molecule has 2 aromatic heterocycles. The summed E-state index contributed by atoms with van der Waals surface area (Å²) in [6, 6.07) is 7.73. The molecule has 0 bridgehead atoms. The van der Waals surface area contributed by atoms with Crippen molar-refractivity contribution in [1.82, 2.24) is 15.6 Å². The van der Waals surface area contributed by atoms with E-state index in [1.54, 1.807) is 12.4 Å². The summed E-state index contributed by atoms with van der Waals surface area (Å²) < 4.78 is 0.735. The van der Waals surface area contributed by atoms with Crippen LogP contribution in [0.15, 0.2) is 36.7 Å². The van der Waals surface area contributed by atoms with E-state index >= 15 is 0 Å². The van der Waals surface area contributed by atoms with Gasteiger partial charge < -0.3 is 10.6 Å². The second-order valence-electron chi connectivity index (χ2n) is 4.37. The first-order valence-electron chi connectivity index (χ1n) is 6.29. The van der Waals surface area contributed by atoms with E-state index in [2.05, 4.69) is 15.6 Å². The summed E-state index contributed by atoms with van der Waals surface area (Å²) in [4.78, 5) is 16.8. The molecule has 0 saturated carbocycles. The molecule has 2 rings (SSSR count). The molecule has 1 amide bonds. The van der Waals surface area contributed by atoms with E-state index in [4.69, 9.17) is 11.6 Å². The third-order valence-electron chi connectivity index (χ3n) is 2.86. The highest BCUT2D eigenvalue weighted by atomic mass is 35.5. The van der Waals surface area contributed by atoms with Crippen molar-refractivity contribution in [3.05, 3.63) is 51.4 Å². The highest BCUT2D eigenvalue weighted by Gasteiger charge is 2.07. The molecule has 0 saturated heterocycles. The summed E-state index contributed by atoms with van der Waals surface area (Å²) in [6.45, 7) is 2.81. The van der Waals surface area contributed by atoms with Gasteiger partial charge >= 0.3 is 0 Å². The van der Waals surface area contributed by atoms with Crippen LogP contribution in [-0.4, -0.2) is 17.4 Å². The Bertz CT molecular complexity index is 559. The van der Waals surface area contributed by atoms with E-state index < -0.39 is 0 Å². The van der Waals surface area contributed by atoms with Gasteiger partial charge in [-0.25, -0.2) is 0 Å². The van der Waals surface area contributed by atoms with Crippen molar-refractivity contribution in [3.63, 3.8) is 0 Å². The van der Waals surface area contributed by atoms with Gasteiger partial charge in [-0.1, -0.05) is 11.6 Å². The summed E-state index contributed by atoms with van der Waals surface area (Å²) >= 11 is 7.31. The first-order chi connectivity index (χ1) is 9.65. The van der Waals surface area contributed by atoms with Crippen LogP contribution in [0.5, 0.6) is 0 Å². The fourth-order valence-corrected chi connectivity index (χ4v) is 2.74. The predicted molar refractivity (Wildman–Crippen MR) is 81.8 cm³/mol. The number of hydrogen-bond acceptors (Lipinski definition) is 4. The fraction of sp³-hybridized carbons (Fsp3) is 0.286. The molecule has 1 unspecified atom stereocenters. The molecule has 4 nitrogen and oxygen atoms in total. The Morgan fingerprint density at radius 3 is 2.75 bits per heavy atom. The monoisotopic (exact) mass is 309 g/mol. The maximum absolute atomic E-state index is 11.7. The Kier molecular flexibility index (Phi) is 5.52. The minimum absolute atomic E-state index is 0.0320. The maximum atomic E-state index is 11.7. The molecule has 0 fully saturated rings. The molecule has 0 aliphatic carbocycles. The molecular formula is C14H16ClN3OS. The number of amides is 1. The molecule has 0 aliphatic heterocycles. The third-order valence-corrected chi connectivity index (χ3v) is 4.09. The van der Waals surface area contributed by atoms with Gasteiger partial charge in [-0.3, -0.25) is 9.78 Å². The number of rotatable bonds is 6. The van der Waals surface area contributed by atoms with Crippen molar-refractivity contribution >= 4 is 28.8 Å². The standard InChI is InChI=1S/C14H16ClN3OS/c1-10(11-4-6-16-7-5-11)17-9-14(19)18-8-12-2-3-13(15)20-12/h2-7,10,17H,8-9H2,1H3,(H,18,19). The Morgan fingerprint density at radius 2 is 2.10 bits per heavy atom. The highest BCUT2D eigenvalue weighted by Crippen LogP contribution is 2.20. The van der Waals surface area contributed by atoms with Gasteiger partial charge in [0.1, 0.15) is 0 Å². The molecule has 0 aliphatic rings. The molecule has 2 aromatic rings. The van der Waals surface area contributed by atoms with E-state index in [0.29, 0.717) is 6.54 Å².